The summed E-state index contributed by atoms with van der Waals surface area (Å²) in [5.74, 6) is 1.54. The molecule has 0 aliphatic rings. The predicted molar refractivity (Wildman–Crippen MR) is 91.4 cm³/mol. The Labute approximate surface area is 144 Å². The number of ether oxygens (including phenoxy) is 2. The van der Waals surface area contributed by atoms with Crippen LogP contribution < -0.4 is 9.47 Å². The van der Waals surface area contributed by atoms with Crippen molar-refractivity contribution in [3.8, 4) is 34.1 Å². The van der Waals surface area contributed by atoms with Gasteiger partial charge in [-0.25, -0.2) is 0 Å². The van der Waals surface area contributed by atoms with E-state index in [9.17, 15) is 5.11 Å². The van der Waals surface area contributed by atoms with E-state index in [-0.39, 0.29) is 6.61 Å². The zero-order valence-corrected chi connectivity index (χ0v) is 14.0. The van der Waals surface area contributed by atoms with Crippen LogP contribution >= 0.6 is 11.6 Å². The van der Waals surface area contributed by atoms with Crippen LogP contribution in [0.5, 0.6) is 11.5 Å². The van der Waals surface area contributed by atoms with Crippen molar-refractivity contribution < 1.29 is 19.1 Å². The lowest BCUT2D eigenvalue weighted by Crippen LogP contribution is -1.95. The molecule has 0 spiro atoms. The van der Waals surface area contributed by atoms with E-state index < -0.39 is 0 Å². The van der Waals surface area contributed by atoms with Crippen LogP contribution in [0.3, 0.4) is 0 Å². The molecule has 1 aromatic heterocycles. The van der Waals surface area contributed by atoms with Crippen LogP contribution in [-0.4, -0.2) is 24.5 Å². The van der Waals surface area contributed by atoms with Gasteiger partial charge in [-0.2, -0.15) is 0 Å². The highest BCUT2D eigenvalue weighted by Gasteiger charge is 2.24. The molecule has 0 aliphatic carbocycles. The fourth-order valence-electron chi connectivity index (χ4n) is 2.59. The van der Waals surface area contributed by atoms with Crippen molar-refractivity contribution in [2.45, 2.75) is 6.61 Å². The van der Waals surface area contributed by atoms with E-state index in [1.165, 1.54) is 0 Å². The van der Waals surface area contributed by atoms with E-state index in [1.54, 1.807) is 38.5 Å². The molecule has 5 nitrogen and oxygen atoms in total. The van der Waals surface area contributed by atoms with Gasteiger partial charge in [0.05, 0.1) is 26.4 Å². The van der Waals surface area contributed by atoms with Gasteiger partial charge in [-0.05, 0) is 24.3 Å². The molecule has 0 atom stereocenters. The zero-order chi connectivity index (χ0) is 17.1. The number of hydrogen-bond donors (Lipinski definition) is 1. The van der Waals surface area contributed by atoms with Crippen molar-refractivity contribution >= 4 is 11.6 Å². The molecule has 0 radical (unpaired) electrons. The predicted octanol–water partition coefficient (Wildman–Crippen LogP) is 4.17. The second-order valence-electron chi connectivity index (χ2n) is 5.04. The summed E-state index contributed by atoms with van der Waals surface area (Å²) >= 11 is 6.05. The summed E-state index contributed by atoms with van der Waals surface area (Å²) in [6.45, 7) is -0.248. The highest BCUT2D eigenvalue weighted by molar-refractivity contribution is 6.30. The van der Waals surface area contributed by atoms with Gasteiger partial charge in [0.25, 0.3) is 0 Å². The van der Waals surface area contributed by atoms with Gasteiger partial charge in [0.1, 0.15) is 22.8 Å². The van der Waals surface area contributed by atoms with Crippen molar-refractivity contribution in [2.75, 3.05) is 14.2 Å². The first-order valence-corrected chi connectivity index (χ1v) is 7.64. The zero-order valence-electron chi connectivity index (χ0n) is 13.2. The van der Waals surface area contributed by atoms with Crippen LogP contribution in [0.25, 0.3) is 22.6 Å². The quantitative estimate of drug-likeness (QED) is 0.751. The molecule has 0 bridgehead atoms. The van der Waals surface area contributed by atoms with Crippen molar-refractivity contribution in [1.82, 2.24) is 5.16 Å². The standard InChI is InChI=1S/C18H16ClNO4/c1-22-14-7-4-8-15(23-2)16(14)18-13(10-21)17(20-24-18)11-5-3-6-12(19)9-11/h3-9,21H,10H2,1-2H3. The minimum atomic E-state index is -0.248. The first-order valence-electron chi connectivity index (χ1n) is 7.26. The molecule has 3 aromatic rings. The highest BCUT2D eigenvalue weighted by atomic mass is 35.5. The van der Waals surface area contributed by atoms with Crippen LogP contribution in [0.1, 0.15) is 5.56 Å². The molecule has 0 fully saturated rings. The molecule has 0 aliphatic heterocycles. The molecular formula is C18H16ClNO4. The number of nitrogens with zero attached hydrogens (tertiary/aromatic N) is 1. The molecule has 1 heterocycles. The number of aromatic nitrogens is 1. The minimum absolute atomic E-state index is 0.248. The van der Waals surface area contributed by atoms with Crippen molar-refractivity contribution in [3.63, 3.8) is 0 Å². The summed E-state index contributed by atoms with van der Waals surface area (Å²) in [7, 11) is 3.12. The van der Waals surface area contributed by atoms with Gasteiger partial charge in [-0.15, -0.1) is 0 Å². The van der Waals surface area contributed by atoms with Gasteiger partial charge in [0, 0.05) is 10.6 Å². The van der Waals surface area contributed by atoms with Crippen LogP contribution in [0.15, 0.2) is 47.0 Å². The van der Waals surface area contributed by atoms with Gasteiger partial charge in [-0.1, -0.05) is 35.0 Å². The first kappa shape index (κ1) is 16.4. The molecule has 0 saturated carbocycles. The van der Waals surface area contributed by atoms with Gasteiger partial charge >= 0.3 is 0 Å². The second kappa shape index (κ2) is 6.95. The Morgan fingerprint density at radius 2 is 1.75 bits per heavy atom. The average Bonchev–Trinajstić information content (AvgIpc) is 3.04. The number of aliphatic hydroxyl groups excluding tert-OH is 1. The minimum Gasteiger partial charge on any atom is -0.496 e. The molecule has 0 unspecified atom stereocenters. The third kappa shape index (κ3) is 2.84. The van der Waals surface area contributed by atoms with Crippen molar-refractivity contribution in [2.24, 2.45) is 0 Å². The number of methoxy groups -OCH3 is 2. The Morgan fingerprint density at radius 3 is 2.33 bits per heavy atom. The molecule has 1 N–H and O–H groups in total. The van der Waals surface area contributed by atoms with Crippen LogP contribution in [0.4, 0.5) is 0 Å². The SMILES string of the molecule is COc1cccc(OC)c1-c1onc(-c2cccc(Cl)c2)c1CO. The average molecular weight is 346 g/mol. The third-order valence-electron chi connectivity index (χ3n) is 3.70. The molecule has 0 saturated heterocycles. The number of benzene rings is 2. The lowest BCUT2D eigenvalue weighted by Gasteiger charge is -2.11. The topological polar surface area (TPSA) is 64.7 Å². The Morgan fingerprint density at radius 1 is 1.08 bits per heavy atom. The lowest BCUT2D eigenvalue weighted by atomic mass is 10.0. The highest BCUT2D eigenvalue weighted by Crippen LogP contribution is 2.42. The summed E-state index contributed by atoms with van der Waals surface area (Å²) in [6, 6.07) is 12.6. The molecule has 24 heavy (non-hydrogen) atoms. The van der Waals surface area contributed by atoms with Gasteiger partial charge in [0.2, 0.25) is 0 Å². The van der Waals surface area contributed by atoms with Crippen molar-refractivity contribution in [1.29, 1.82) is 0 Å². The summed E-state index contributed by atoms with van der Waals surface area (Å²) in [5, 5.41) is 14.6. The Hall–Kier alpha value is -2.50. The molecule has 6 heteroatoms. The Kier molecular flexibility index (Phi) is 4.74. The van der Waals surface area contributed by atoms with Crippen LogP contribution in [0, 0.1) is 0 Å². The number of hydrogen-bond acceptors (Lipinski definition) is 5. The van der Waals surface area contributed by atoms with E-state index in [1.807, 2.05) is 18.2 Å². The monoisotopic (exact) mass is 345 g/mol. The van der Waals surface area contributed by atoms with Crippen LogP contribution in [0.2, 0.25) is 5.02 Å². The fourth-order valence-corrected chi connectivity index (χ4v) is 2.78. The fraction of sp³-hybridized carbons (Fsp3) is 0.167. The smallest absolute Gasteiger partial charge is 0.180 e. The number of halogens is 1. The maximum atomic E-state index is 9.89. The van der Waals surface area contributed by atoms with Crippen molar-refractivity contribution in [3.05, 3.63) is 53.1 Å². The Bertz CT molecular complexity index is 838. The molecule has 0 amide bonds. The number of rotatable bonds is 5. The number of aliphatic hydroxyl groups is 1. The largest absolute Gasteiger partial charge is 0.496 e. The van der Waals surface area contributed by atoms with E-state index in [4.69, 9.17) is 25.6 Å². The molecule has 124 valence electrons. The van der Waals surface area contributed by atoms with E-state index in [0.29, 0.717) is 39.1 Å². The Balaban J connectivity index is 2.21. The molecule has 3 rings (SSSR count). The third-order valence-corrected chi connectivity index (χ3v) is 3.93. The van der Waals surface area contributed by atoms with Gasteiger partial charge in [-0.3, -0.25) is 0 Å². The maximum Gasteiger partial charge on any atom is 0.180 e. The van der Waals surface area contributed by atoms with Gasteiger partial charge < -0.3 is 19.1 Å². The van der Waals surface area contributed by atoms with E-state index in [0.717, 1.165) is 5.56 Å². The molecule has 2 aromatic carbocycles. The normalized spacial score (nSPS) is 10.7. The summed E-state index contributed by atoms with van der Waals surface area (Å²) in [4.78, 5) is 0. The molecular weight excluding hydrogens is 330 g/mol. The van der Waals surface area contributed by atoms with E-state index >= 15 is 0 Å². The lowest BCUT2D eigenvalue weighted by molar-refractivity contribution is 0.281. The first-order chi connectivity index (χ1) is 11.7. The second-order valence-corrected chi connectivity index (χ2v) is 5.48. The summed E-state index contributed by atoms with van der Waals surface area (Å²) in [5.41, 5.74) is 2.44. The van der Waals surface area contributed by atoms with E-state index in [2.05, 4.69) is 5.16 Å². The maximum absolute atomic E-state index is 9.89. The van der Waals surface area contributed by atoms with Gasteiger partial charge in [0.15, 0.2) is 5.76 Å². The van der Waals surface area contributed by atoms with Crippen LogP contribution in [-0.2, 0) is 6.61 Å². The summed E-state index contributed by atoms with van der Waals surface area (Å²) < 4.78 is 16.3. The summed E-state index contributed by atoms with van der Waals surface area (Å²) in [6.07, 6.45) is 0.